The molecule has 1 unspecified atom stereocenters. The maximum Gasteiger partial charge on any atom is 0.228 e. The van der Waals surface area contributed by atoms with Crippen LogP contribution < -0.4 is 0 Å². The molecule has 0 N–H and O–H groups in total. The Labute approximate surface area is 85.5 Å². The normalized spacial score (nSPS) is 29.1. The van der Waals surface area contributed by atoms with E-state index in [0.29, 0.717) is 13.0 Å². The van der Waals surface area contributed by atoms with Gasteiger partial charge in [-0.2, -0.15) is 0 Å². The van der Waals surface area contributed by atoms with Crippen LogP contribution >= 0.6 is 0 Å². The van der Waals surface area contributed by atoms with E-state index in [1.165, 1.54) is 0 Å². The number of alkyl halides is 1. The third-order valence-electron chi connectivity index (χ3n) is 2.58. The van der Waals surface area contributed by atoms with Crippen molar-refractivity contribution < 1.29 is 9.18 Å². The summed E-state index contributed by atoms with van der Waals surface area (Å²) >= 11 is 0. The molecule has 0 aromatic carbocycles. The molecule has 1 aliphatic rings. The van der Waals surface area contributed by atoms with Crippen LogP contribution in [0.1, 0.15) is 40.5 Å². The van der Waals surface area contributed by atoms with Crippen molar-refractivity contribution in [1.29, 1.82) is 0 Å². The van der Waals surface area contributed by atoms with Crippen LogP contribution in [-0.4, -0.2) is 29.6 Å². The lowest BCUT2D eigenvalue weighted by atomic mass is 9.91. The fourth-order valence-corrected chi connectivity index (χ4v) is 1.84. The SMILES string of the molecule is CC1(F)CCCN(C(=O)C(C)(C)C)C1. The maximum atomic E-state index is 13.7. The van der Waals surface area contributed by atoms with E-state index >= 15 is 0 Å². The fourth-order valence-electron chi connectivity index (χ4n) is 1.84. The molecule has 1 heterocycles. The molecular formula is C11H20FNO. The molecular weight excluding hydrogens is 181 g/mol. The zero-order valence-corrected chi connectivity index (χ0v) is 9.56. The summed E-state index contributed by atoms with van der Waals surface area (Å²) in [6.07, 6.45) is 1.34. The maximum absolute atomic E-state index is 13.7. The molecule has 0 spiro atoms. The summed E-state index contributed by atoms with van der Waals surface area (Å²) in [7, 11) is 0. The molecule has 3 heteroatoms. The van der Waals surface area contributed by atoms with Gasteiger partial charge in [0, 0.05) is 12.0 Å². The summed E-state index contributed by atoms with van der Waals surface area (Å²) in [5.74, 6) is 0.0566. The van der Waals surface area contributed by atoms with Crippen LogP contribution in [0.15, 0.2) is 0 Å². The number of carbonyl (C=O) groups is 1. The lowest BCUT2D eigenvalue weighted by Crippen LogP contribution is -2.49. The second-order valence-electron chi connectivity index (χ2n) is 5.49. The molecule has 1 atom stereocenters. The molecule has 1 amide bonds. The molecule has 1 aliphatic heterocycles. The minimum absolute atomic E-state index is 0.0566. The zero-order chi connectivity index (χ0) is 11.0. The van der Waals surface area contributed by atoms with Gasteiger partial charge in [0.05, 0.1) is 6.54 Å². The van der Waals surface area contributed by atoms with Crippen LogP contribution in [0.3, 0.4) is 0 Å². The van der Waals surface area contributed by atoms with Gasteiger partial charge in [0.15, 0.2) is 0 Å². The van der Waals surface area contributed by atoms with Crippen molar-refractivity contribution in [3.8, 4) is 0 Å². The van der Waals surface area contributed by atoms with Crippen molar-refractivity contribution in [3.63, 3.8) is 0 Å². The van der Waals surface area contributed by atoms with Gasteiger partial charge >= 0.3 is 0 Å². The van der Waals surface area contributed by atoms with E-state index in [4.69, 9.17) is 0 Å². The Morgan fingerprint density at radius 3 is 2.43 bits per heavy atom. The van der Waals surface area contributed by atoms with Crippen molar-refractivity contribution in [1.82, 2.24) is 4.90 Å². The summed E-state index contributed by atoms with van der Waals surface area (Å²) in [4.78, 5) is 13.5. The molecule has 2 nitrogen and oxygen atoms in total. The molecule has 0 aliphatic carbocycles. The van der Waals surface area contributed by atoms with E-state index in [0.717, 1.165) is 6.42 Å². The lowest BCUT2D eigenvalue weighted by molar-refractivity contribution is -0.143. The number of halogens is 1. The number of rotatable bonds is 0. The molecule has 82 valence electrons. The van der Waals surface area contributed by atoms with Crippen LogP contribution in [-0.2, 0) is 4.79 Å². The van der Waals surface area contributed by atoms with E-state index in [9.17, 15) is 9.18 Å². The Balaban J connectivity index is 2.66. The summed E-state index contributed by atoms with van der Waals surface area (Å²) in [5.41, 5.74) is -1.59. The first kappa shape index (κ1) is 11.5. The van der Waals surface area contributed by atoms with Gasteiger partial charge in [-0.05, 0) is 19.8 Å². The van der Waals surface area contributed by atoms with Crippen LogP contribution in [0.4, 0.5) is 4.39 Å². The van der Waals surface area contributed by atoms with Gasteiger partial charge in [-0.3, -0.25) is 4.79 Å². The van der Waals surface area contributed by atoms with Gasteiger partial charge in [-0.25, -0.2) is 4.39 Å². The van der Waals surface area contributed by atoms with Crippen molar-refractivity contribution in [2.45, 2.75) is 46.2 Å². The quantitative estimate of drug-likeness (QED) is 0.589. The average molecular weight is 201 g/mol. The van der Waals surface area contributed by atoms with Crippen molar-refractivity contribution in [2.24, 2.45) is 5.41 Å². The zero-order valence-electron chi connectivity index (χ0n) is 9.56. The minimum Gasteiger partial charge on any atom is -0.339 e. The molecule has 1 rings (SSSR count). The first-order valence-electron chi connectivity index (χ1n) is 5.21. The largest absolute Gasteiger partial charge is 0.339 e. The second-order valence-corrected chi connectivity index (χ2v) is 5.49. The molecule has 1 saturated heterocycles. The van der Waals surface area contributed by atoms with Crippen LogP contribution in [0, 0.1) is 5.41 Å². The highest BCUT2D eigenvalue weighted by Gasteiger charge is 2.36. The number of hydrogen-bond acceptors (Lipinski definition) is 1. The highest BCUT2D eigenvalue weighted by Crippen LogP contribution is 2.27. The minimum atomic E-state index is -1.20. The van der Waals surface area contributed by atoms with E-state index in [1.807, 2.05) is 20.8 Å². The molecule has 0 bridgehead atoms. The van der Waals surface area contributed by atoms with Crippen molar-refractivity contribution in [2.75, 3.05) is 13.1 Å². The predicted octanol–water partition coefficient (Wildman–Crippen LogP) is 2.38. The predicted molar refractivity (Wildman–Crippen MR) is 54.8 cm³/mol. The fraction of sp³-hybridized carbons (Fsp3) is 0.909. The first-order chi connectivity index (χ1) is 6.22. The topological polar surface area (TPSA) is 20.3 Å². The van der Waals surface area contributed by atoms with E-state index in [-0.39, 0.29) is 12.5 Å². The highest BCUT2D eigenvalue weighted by atomic mass is 19.1. The Morgan fingerprint density at radius 2 is 2.00 bits per heavy atom. The van der Waals surface area contributed by atoms with E-state index < -0.39 is 11.1 Å². The number of hydrogen-bond donors (Lipinski definition) is 0. The standard InChI is InChI=1S/C11H20FNO/c1-10(2,3)9(14)13-7-5-6-11(4,12)8-13/h5-8H2,1-4H3. The molecule has 0 aromatic rings. The van der Waals surface area contributed by atoms with Gasteiger partial charge in [-0.15, -0.1) is 0 Å². The van der Waals surface area contributed by atoms with Crippen LogP contribution in [0.2, 0.25) is 0 Å². The monoisotopic (exact) mass is 201 g/mol. The summed E-state index contributed by atoms with van der Waals surface area (Å²) < 4.78 is 13.7. The molecule has 1 fully saturated rings. The van der Waals surface area contributed by atoms with Gasteiger partial charge in [-0.1, -0.05) is 20.8 Å². The second kappa shape index (κ2) is 3.52. The summed E-state index contributed by atoms with van der Waals surface area (Å²) in [6.45, 7) is 8.16. The third kappa shape index (κ3) is 2.69. The number of carbonyl (C=O) groups excluding carboxylic acids is 1. The van der Waals surface area contributed by atoms with Crippen molar-refractivity contribution in [3.05, 3.63) is 0 Å². The van der Waals surface area contributed by atoms with Gasteiger partial charge in [0.25, 0.3) is 0 Å². The molecule has 0 radical (unpaired) electrons. The Bertz CT molecular complexity index is 230. The summed E-state index contributed by atoms with van der Waals surface area (Å²) in [5, 5.41) is 0. The smallest absolute Gasteiger partial charge is 0.228 e. The van der Waals surface area contributed by atoms with Gasteiger partial charge < -0.3 is 4.90 Å². The van der Waals surface area contributed by atoms with Crippen LogP contribution in [0.5, 0.6) is 0 Å². The van der Waals surface area contributed by atoms with Crippen LogP contribution in [0.25, 0.3) is 0 Å². The van der Waals surface area contributed by atoms with Gasteiger partial charge in [0.1, 0.15) is 5.67 Å². The van der Waals surface area contributed by atoms with Crippen molar-refractivity contribution >= 4 is 5.91 Å². The average Bonchev–Trinajstić information content (AvgIpc) is 1.99. The molecule has 0 aromatic heterocycles. The first-order valence-corrected chi connectivity index (χ1v) is 5.21. The highest BCUT2D eigenvalue weighted by molar-refractivity contribution is 5.81. The number of amides is 1. The molecule has 14 heavy (non-hydrogen) atoms. The number of likely N-dealkylation sites (tertiary alicyclic amines) is 1. The van der Waals surface area contributed by atoms with E-state index in [1.54, 1.807) is 11.8 Å². The Morgan fingerprint density at radius 1 is 1.43 bits per heavy atom. The molecule has 0 saturated carbocycles. The number of nitrogens with zero attached hydrogens (tertiary/aromatic N) is 1. The lowest BCUT2D eigenvalue weighted by Gasteiger charge is -2.38. The van der Waals surface area contributed by atoms with E-state index in [2.05, 4.69) is 0 Å². The Kier molecular flexibility index (Phi) is 2.88. The number of piperidine rings is 1. The third-order valence-corrected chi connectivity index (χ3v) is 2.58. The van der Waals surface area contributed by atoms with Gasteiger partial charge in [0.2, 0.25) is 5.91 Å². The summed E-state index contributed by atoms with van der Waals surface area (Å²) in [6, 6.07) is 0. The Hall–Kier alpha value is -0.600.